The first-order valence-electron chi connectivity index (χ1n) is 5.49. The average molecular weight is 260 g/mol. The highest BCUT2D eigenvalue weighted by molar-refractivity contribution is 9.09. The van der Waals surface area contributed by atoms with Crippen LogP contribution in [-0.2, 0) is 4.79 Å². The van der Waals surface area contributed by atoms with Crippen molar-refractivity contribution in [1.82, 2.24) is 4.90 Å². The molecule has 0 spiro atoms. The number of rotatable bonds is 1. The molecule has 2 rings (SSSR count). The number of carbonyl (C=O) groups is 1. The molecule has 2 nitrogen and oxygen atoms in total. The fourth-order valence-electron chi connectivity index (χ4n) is 2.32. The predicted molar refractivity (Wildman–Crippen MR) is 60.5 cm³/mol. The van der Waals surface area contributed by atoms with Crippen LogP contribution in [0.25, 0.3) is 0 Å². The second kappa shape index (κ2) is 3.51. The molecule has 1 aliphatic carbocycles. The maximum Gasteiger partial charge on any atom is 0.226 e. The zero-order valence-electron chi connectivity index (χ0n) is 8.92. The normalized spacial score (nSPS) is 31.6. The molecule has 1 heterocycles. The highest BCUT2D eigenvalue weighted by atomic mass is 79.9. The maximum absolute atomic E-state index is 12.1. The standard InChI is InChI=1S/C11H18BrNO/c1-11(2)9(12)6-7-13(11)10(14)8-4-3-5-8/h8-9H,3-7H2,1-2H3. The average Bonchev–Trinajstić information content (AvgIpc) is 2.23. The molecule has 1 saturated heterocycles. The summed E-state index contributed by atoms with van der Waals surface area (Å²) in [6, 6.07) is 0. The van der Waals surface area contributed by atoms with E-state index in [4.69, 9.17) is 0 Å². The van der Waals surface area contributed by atoms with Gasteiger partial charge >= 0.3 is 0 Å². The molecule has 1 unspecified atom stereocenters. The van der Waals surface area contributed by atoms with Crippen molar-refractivity contribution >= 4 is 21.8 Å². The van der Waals surface area contributed by atoms with Crippen molar-refractivity contribution in [2.75, 3.05) is 6.54 Å². The van der Waals surface area contributed by atoms with Crippen molar-refractivity contribution in [2.45, 2.75) is 49.9 Å². The molecular weight excluding hydrogens is 242 g/mol. The van der Waals surface area contributed by atoms with Gasteiger partial charge in [-0.2, -0.15) is 0 Å². The molecule has 0 aromatic heterocycles. The molecule has 0 N–H and O–H groups in total. The van der Waals surface area contributed by atoms with E-state index in [1.54, 1.807) is 0 Å². The molecule has 0 bridgehead atoms. The SMILES string of the molecule is CC1(C)C(Br)CCN1C(=O)C1CCC1. The Kier molecular flexibility index (Phi) is 2.63. The van der Waals surface area contributed by atoms with Gasteiger partial charge in [0.05, 0.1) is 0 Å². The van der Waals surface area contributed by atoms with E-state index in [0.717, 1.165) is 25.8 Å². The lowest BCUT2D eigenvalue weighted by molar-refractivity contribution is -0.141. The third kappa shape index (κ3) is 1.50. The van der Waals surface area contributed by atoms with Gasteiger partial charge in [-0.15, -0.1) is 0 Å². The van der Waals surface area contributed by atoms with E-state index < -0.39 is 0 Å². The van der Waals surface area contributed by atoms with E-state index in [1.807, 2.05) is 0 Å². The Morgan fingerprint density at radius 3 is 2.36 bits per heavy atom. The molecule has 1 saturated carbocycles. The lowest BCUT2D eigenvalue weighted by Gasteiger charge is -2.38. The van der Waals surface area contributed by atoms with Crippen molar-refractivity contribution in [3.05, 3.63) is 0 Å². The molecule has 14 heavy (non-hydrogen) atoms. The number of nitrogens with zero attached hydrogens (tertiary/aromatic N) is 1. The molecule has 2 fully saturated rings. The van der Waals surface area contributed by atoms with Crippen LogP contribution < -0.4 is 0 Å². The van der Waals surface area contributed by atoms with Gasteiger partial charge in [-0.3, -0.25) is 4.79 Å². The molecule has 3 heteroatoms. The first-order chi connectivity index (χ1) is 6.53. The van der Waals surface area contributed by atoms with Crippen LogP contribution in [0.2, 0.25) is 0 Å². The summed E-state index contributed by atoms with van der Waals surface area (Å²) in [7, 11) is 0. The Hall–Kier alpha value is -0.0500. The van der Waals surface area contributed by atoms with E-state index in [0.29, 0.717) is 16.7 Å². The van der Waals surface area contributed by atoms with Gasteiger partial charge in [-0.1, -0.05) is 22.4 Å². The highest BCUT2D eigenvalue weighted by Gasteiger charge is 2.44. The molecule has 1 amide bonds. The minimum absolute atomic E-state index is 0.00662. The summed E-state index contributed by atoms with van der Waals surface area (Å²) in [4.78, 5) is 14.6. The summed E-state index contributed by atoms with van der Waals surface area (Å²) in [5, 5.41) is 0. The topological polar surface area (TPSA) is 20.3 Å². The van der Waals surface area contributed by atoms with Crippen LogP contribution in [0.4, 0.5) is 0 Å². The molecule has 0 aromatic rings. The van der Waals surface area contributed by atoms with Crippen LogP contribution in [0.5, 0.6) is 0 Å². The fraction of sp³-hybridized carbons (Fsp3) is 0.909. The fourth-order valence-corrected chi connectivity index (χ4v) is 2.77. The van der Waals surface area contributed by atoms with Crippen LogP contribution in [-0.4, -0.2) is 27.7 Å². The zero-order chi connectivity index (χ0) is 10.3. The third-order valence-electron chi connectivity index (χ3n) is 3.79. The lowest BCUT2D eigenvalue weighted by atomic mass is 9.83. The number of halogens is 1. The Morgan fingerprint density at radius 1 is 1.36 bits per heavy atom. The third-order valence-corrected chi connectivity index (χ3v) is 5.37. The summed E-state index contributed by atoms with van der Waals surface area (Å²) < 4.78 is 0. The summed E-state index contributed by atoms with van der Waals surface area (Å²) in [6.07, 6.45) is 4.55. The molecule has 1 atom stereocenters. The maximum atomic E-state index is 12.1. The van der Waals surface area contributed by atoms with Gasteiger partial charge in [0.25, 0.3) is 0 Å². The Morgan fingerprint density at radius 2 is 2.00 bits per heavy atom. The largest absolute Gasteiger partial charge is 0.336 e. The smallest absolute Gasteiger partial charge is 0.226 e. The summed E-state index contributed by atoms with van der Waals surface area (Å²) >= 11 is 3.66. The quantitative estimate of drug-likeness (QED) is 0.663. The second-order valence-corrected chi connectivity index (χ2v) is 6.13. The van der Waals surface area contributed by atoms with Crippen molar-refractivity contribution in [3.63, 3.8) is 0 Å². The van der Waals surface area contributed by atoms with Crippen molar-refractivity contribution in [2.24, 2.45) is 5.92 Å². The molecular formula is C11H18BrNO. The van der Waals surface area contributed by atoms with Crippen LogP contribution in [0, 0.1) is 5.92 Å². The summed E-state index contributed by atoms with van der Waals surface area (Å²) in [5.74, 6) is 0.732. The highest BCUT2D eigenvalue weighted by Crippen LogP contribution is 2.38. The van der Waals surface area contributed by atoms with Gasteiger partial charge in [0.2, 0.25) is 5.91 Å². The van der Waals surface area contributed by atoms with Gasteiger partial charge in [-0.25, -0.2) is 0 Å². The number of carbonyl (C=O) groups excluding carboxylic acids is 1. The number of hydrogen-bond donors (Lipinski definition) is 0. The Labute approximate surface area is 94.2 Å². The molecule has 0 aromatic carbocycles. The zero-order valence-corrected chi connectivity index (χ0v) is 10.5. The minimum Gasteiger partial charge on any atom is -0.336 e. The van der Waals surface area contributed by atoms with Crippen molar-refractivity contribution in [1.29, 1.82) is 0 Å². The van der Waals surface area contributed by atoms with Gasteiger partial charge in [-0.05, 0) is 33.1 Å². The van der Waals surface area contributed by atoms with E-state index in [1.165, 1.54) is 6.42 Å². The van der Waals surface area contributed by atoms with Gasteiger partial charge in [0.15, 0.2) is 0 Å². The van der Waals surface area contributed by atoms with E-state index in [2.05, 4.69) is 34.7 Å². The van der Waals surface area contributed by atoms with Crippen LogP contribution in [0.3, 0.4) is 0 Å². The molecule has 1 aliphatic heterocycles. The first kappa shape index (κ1) is 10.5. The molecule has 80 valence electrons. The van der Waals surface area contributed by atoms with Gasteiger partial charge < -0.3 is 4.90 Å². The second-order valence-electron chi connectivity index (χ2n) is 5.03. The minimum atomic E-state index is 0.00662. The first-order valence-corrected chi connectivity index (χ1v) is 6.40. The predicted octanol–water partition coefficient (Wildman–Crippen LogP) is 2.56. The number of hydrogen-bond acceptors (Lipinski definition) is 1. The van der Waals surface area contributed by atoms with Crippen LogP contribution >= 0.6 is 15.9 Å². The van der Waals surface area contributed by atoms with Crippen LogP contribution in [0.15, 0.2) is 0 Å². The Balaban J connectivity index is 2.07. The van der Waals surface area contributed by atoms with Gasteiger partial charge in [0.1, 0.15) is 0 Å². The van der Waals surface area contributed by atoms with E-state index >= 15 is 0 Å². The Bertz CT molecular complexity index is 248. The van der Waals surface area contributed by atoms with E-state index in [-0.39, 0.29) is 5.54 Å². The summed E-state index contributed by atoms with van der Waals surface area (Å²) in [5.41, 5.74) is 0.00662. The lowest BCUT2D eigenvalue weighted by Crippen LogP contribution is -2.49. The number of alkyl halides is 1. The van der Waals surface area contributed by atoms with E-state index in [9.17, 15) is 4.79 Å². The monoisotopic (exact) mass is 259 g/mol. The van der Waals surface area contributed by atoms with Crippen LogP contribution in [0.1, 0.15) is 39.5 Å². The summed E-state index contributed by atoms with van der Waals surface area (Å²) in [6.45, 7) is 5.25. The van der Waals surface area contributed by atoms with Crippen molar-refractivity contribution in [3.8, 4) is 0 Å². The van der Waals surface area contributed by atoms with Gasteiger partial charge in [0, 0.05) is 22.8 Å². The molecule has 0 radical (unpaired) electrons. The number of likely N-dealkylation sites (tertiary alicyclic amines) is 1. The van der Waals surface area contributed by atoms with Crippen molar-refractivity contribution < 1.29 is 4.79 Å². The number of amides is 1. The molecule has 2 aliphatic rings.